The van der Waals surface area contributed by atoms with Gasteiger partial charge in [-0.25, -0.2) is 0 Å². The van der Waals surface area contributed by atoms with E-state index >= 15 is 0 Å². The summed E-state index contributed by atoms with van der Waals surface area (Å²) in [7, 11) is -1.93. The second kappa shape index (κ2) is 6.65. The Bertz CT molecular complexity index is 466. The average molecular weight is 342 g/mol. The molecule has 2 heterocycles. The maximum absolute atomic E-state index is 12.3. The van der Waals surface area contributed by atoms with Crippen LogP contribution in [0.5, 0.6) is 0 Å². The van der Waals surface area contributed by atoms with Gasteiger partial charge in [0, 0.05) is 19.1 Å². The standard InChI is InChI=1S/C17H31NO4Si/c1-11(22-23(5,6)17(2,3)4)15-12(18-16(15)20)10-13(19)14-8-7-9-21-14/h11-12,14-15H,7-10H2,1-6H3,(H,18,20)/t11-,12-,14-,15-/m1/s1. The second-order valence-corrected chi connectivity index (χ2v) is 13.2. The molecule has 1 amide bonds. The van der Waals surface area contributed by atoms with Crippen molar-refractivity contribution in [1.29, 1.82) is 0 Å². The first-order valence-electron chi connectivity index (χ1n) is 8.65. The van der Waals surface area contributed by atoms with E-state index in [1.54, 1.807) is 0 Å². The van der Waals surface area contributed by atoms with Crippen LogP contribution in [0.2, 0.25) is 18.1 Å². The number of ketones is 1. The molecule has 23 heavy (non-hydrogen) atoms. The molecule has 0 aromatic heterocycles. The Kier molecular flexibility index (Phi) is 5.38. The third-order valence-electron chi connectivity index (χ3n) is 5.57. The number of carbonyl (C=O) groups excluding carboxylic acids is 2. The van der Waals surface area contributed by atoms with Crippen molar-refractivity contribution >= 4 is 20.0 Å². The van der Waals surface area contributed by atoms with E-state index in [2.05, 4.69) is 39.2 Å². The lowest BCUT2D eigenvalue weighted by atomic mass is 9.82. The van der Waals surface area contributed by atoms with Crippen molar-refractivity contribution in [2.24, 2.45) is 5.92 Å². The van der Waals surface area contributed by atoms with Crippen molar-refractivity contribution in [3.8, 4) is 0 Å². The minimum Gasteiger partial charge on any atom is -0.413 e. The van der Waals surface area contributed by atoms with Crippen molar-refractivity contribution in [2.75, 3.05) is 6.61 Å². The largest absolute Gasteiger partial charge is 0.413 e. The molecular weight excluding hydrogens is 310 g/mol. The average Bonchev–Trinajstić information content (AvgIpc) is 2.89. The quantitative estimate of drug-likeness (QED) is 0.596. The summed E-state index contributed by atoms with van der Waals surface area (Å²) in [5.74, 6) is -0.118. The van der Waals surface area contributed by atoms with Gasteiger partial charge in [0.15, 0.2) is 14.1 Å². The molecule has 2 rings (SSSR count). The number of amides is 1. The molecule has 0 unspecified atom stereocenters. The molecule has 0 aromatic carbocycles. The molecule has 2 saturated heterocycles. The van der Waals surface area contributed by atoms with Crippen molar-refractivity contribution in [3.63, 3.8) is 0 Å². The Morgan fingerprint density at radius 3 is 2.57 bits per heavy atom. The number of rotatable bonds is 6. The number of Topliss-reactive ketones (excluding diaryl/α,β-unsaturated/α-hetero) is 1. The van der Waals surface area contributed by atoms with E-state index in [9.17, 15) is 9.59 Å². The van der Waals surface area contributed by atoms with Gasteiger partial charge in [-0.2, -0.15) is 0 Å². The van der Waals surface area contributed by atoms with Gasteiger partial charge in [0.25, 0.3) is 0 Å². The minimum atomic E-state index is -1.93. The predicted octanol–water partition coefficient (Wildman–Crippen LogP) is 2.65. The van der Waals surface area contributed by atoms with Gasteiger partial charge >= 0.3 is 0 Å². The number of β-lactam (4-membered cyclic amide) rings is 1. The number of ether oxygens (including phenoxy) is 1. The Morgan fingerprint density at radius 2 is 2.09 bits per heavy atom. The van der Waals surface area contributed by atoms with E-state index < -0.39 is 8.32 Å². The van der Waals surface area contributed by atoms with Crippen LogP contribution in [-0.2, 0) is 18.8 Å². The molecule has 0 spiro atoms. The smallest absolute Gasteiger partial charge is 0.228 e. The highest BCUT2D eigenvalue weighted by Crippen LogP contribution is 2.39. The summed E-state index contributed by atoms with van der Waals surface area (Å²) in [6.45, 7) is 13.6. The molecule has 0 aromatic rings. The van der Waals surface area contributed by atoms with Gasteiger partial charge in [0.2, 0.25) is 5.91 Å². The van der Waals surface area contributed by atoms with Crippen LogP contribution in [0, 0.1) is 5.92 Å². The summed E-state index contributed by atoms with van der Waals surface area (Å²) in [6, 6.07) is -0.112. The molecule has 6 heteroatoms. The van der Waals surface area contributed by atoms with Gasteiger partial charge in [0.05, 0.1) is 12.0 Å². The van der Waals surface area contributed by atoms with Crippen LogP contribution < -0.4 is 5.32 Å². The normalized spacial score (nSPS) is 29.8. The Labute approximate surface area is 140 Å². The SMILES string of the molecule is C[C@@H](O[Si](C)(C)C(C)(C)C)[C@H]1C(=O)N[C@@H]1CC(=O)[C@H]1CCCO1. The first-order chi connectivity index (χ1) is 10.5. The zero-order valence-electron chi connectivity index (χ0n) is 15.3. The predicted molar refractivity (Wildman–Crippen MR) is 91.8 cm³/mol. The molecule has 0 saturated carbocycles. The van der Waals surface area contributed by atoms with Crippen LogP contribution in [0.1, 0.15) is 47.0 Å². The van der Waals surface area contributed by atoms with Crippen LogP contribution in [-0.4, -0.2) is 44.9 Å². The van der Waals surface area contributed by atoms with E-state index in [0.29, 0.717) is 13.0 Å². The third-order valence-corrected chi connectivity index (χ3v) is 10.1. The first-order valence-corrected chi connectivity index (χ1v) is 11.6. The van der Waals surface area contributed by atoms with E-state index in [1.165, 1.54) is 0 Å². The van der Waals surface area contributed by atoms with Gasteiger partial charge < -0.3 is 14.5 Å². The van der Waals surface area contributed by atoms with Crippen molar-refractivity contribution in [3.05, 3.63) is 0 Å². The van der Waals surface area contributed by atoms with Crippen LogP contribution >= 0.6 is 0 Å². The number of carbonyl (C=O) groups is 2. The third kappa shape index (κ3) is 4.03. The Morgan fingerprint density at radius 1 is 1.43 bits per heavy atom. The van der Waals surface area contributed by atoms with E-state index in [0.717, 1.165) is 12.8 Å². The summed E-state index contributed by atoms with van der Waals surface area (Å²) in [5, 5.41) is 2.97. The minimum absolute atomic E-state index is 0.00125. The maximum Gasteiger partial charge on any atom is 0.228 e. The van der Waals surface area contributed by atoms with Crippen molar-refractivity contribution in [1.82, 2.24) is 5.32 Å². The first kappa shape index (κ1) is 18.6. The highest BCUT2D eigenvalue weighted by atomic mass is 28.4. The van der Waals surface area contributed by atoms with Gasteiger partial charge in [-0.1, -0.05) is 20.8 Å². The lowest BCUT2D eigenvalue weighted by Crippen LogP contribution is -2.64. The molecule has 5 nitrogen and oxygen atoms in total. The van der Waals surface area contributed by atoms with Crippen LogP contribution in [0.3, 0.4) is 0 Å². The fraction of sp³-hybridized carbons (Fsp3) is 0.882. The molecule has 2 fully saturated rings. The lowest BCUT2D eigenvalue weighted by Gasteiger charge is -2.45. The fourth-order valence-corrected chi connectivity index (χ4v) is 4.50. The molecule has 0 aliphatic carbocycles. The summed E-state index contributed by atoms with van der Waals surface area (Å²) < 4.78 is 11.8. The van der Waals surface area contributed by atoms with Crippen LogP contribution in [0.4, 0.5) is 0 Å². The molecule has 0 bridgehead atoms. The van der Waals surface area contributed by atoms with Crippen LogP contribution in [0.15, 0.2) is 0 Å². The highest BCUT2D eigenvalue weighted by molar-refractivity contribution is 6.74. The molecular formula is C17H31NO4Si. The number of hydrogen-bond acceptors (Lipinski definition) is 4. The summed E-state index contributed by atoms with van der Waals surface area (Å²) in [5.41, 5.74) is 0. The molecule has 2 aliphatic rings. The molecule has 4 atom stereocenters. The van der Waals surface area contributed by atoms with Gasteiger partial charge in [-0.15, -0.1) is 0 Å². The van der Waals surface area contributed by atoms with Crippen LogP contribution in [0.25, 0.3) is 0 Å². The molecule has 2 aliphatic heterocycles. The molecule has 132 valence electrons. The highest BCUT2D eigenvalue weighted by Gasteiger charge is 2.48. The second-order valence-electron chi connectivity index (χ2n) is 8.40. The van der Waals surface area contributed by atoms with Gasteiger partial charge in [-0.05, 0) is 37.9 Å². The van der Waals surface area contributed by atoms with Gasteiger partial charge in [0.1, 0.15) is 6.10 Å². The van der Waals surface area contributed by atoms with E-state index in [1.807, 2.05) is 6.92 Å². The number of hydrogen-bond donors (Lipinski definition) is 1. The molecule has 0 radical (unpaired) electrons. The Hall–Kier alpha value is -0.723. The summed E-state index contributed by atoms with van der Waals surface area (Å²) in [6.07, 6.45) is 1.67. The monoisotopic (exact) mass is 341 g/mol. The number of nitrogens with one attached hydrogen (secondary N) is 1. The van der Waals surface area contributed by atoms with Crippen molar-refractivity contribution in [2.45, 2.75) is 83.3 Å². The topological polar surface area (TPSA) is 64.6 Å². The summed E-state index contributed by atoms with van der Waals surface area (Å²) in [4.78, 5) is 24.3. The maximum atomic E-state index is 12.3. The van der Waals surface area contributed by atoms with E-state index in [-0.39, 0.29) is 40.9 Å². The van der Waals surface area contributed by atoms with E-state index in [4.69, 9.17) is 9.16 Å². The Balaban J connectivity index is 1.94. The molecule has 1 N–H and O–H groups in total. The zero-order valence-corrected chi connectivity index (χ0v) is 16.3. The van der Waals surface area contributed by atoms with Gasteiger partial charge in [-0.3, -0.25) is 9.59 Å². The summed E-state index contributed by atoms with van der Waals surface area (Å²) >= 11 is 0. The van der Waals surface area contributed by atoms with Crippen molar-refractivity contribution < 1.29 is 18.8 Å². The lowest BCUT2D eigenvalue weighted by molar-refractivity contribution is -0.142. The fourth-order valence-electron chi connectivity index (χ4n) is 3.07. The zero-order chi connectivity index (χ0) is 17.4.